The van der Waals surface area contributed by atoms with Crippen molar-refractivity contribution in [2.45, 2.75) is 25.7 Å². The molecule has 16 heavy (non-hydrogen) atoms. The highest BCUT2D eigenvalue weighted by Crippen LogP contribution is 2.27. The molecule has 1 nitrogen and oxygen atoms in total. The maximum Gasteiger partial charge on any atom is 0.185 e. The van der Waals surface area contributed by atoms with Gasteiger partial charge in [0, 0.05) is 0 Å². The number of fused-ring (bicyclic) bond motifs is 1. The molecule has 0 aromatic rings. The van der Waals surface area contributed by atoms with Gasteiger partial charge in [0.1, 0.15) is 0 Å². The Kier molecular flexibility index (Phi) is 3.12. The first kappa shape index (κ1) is 11.4. The lowest BCUT2D eigenvalue weighted by Crippen LogP contribution is -2.33. The van der Waals surface area contributed by atoms with Crippen LogP contribution in [-0.2, 0) is 4.43 Å². The molecule has 0 saturated heterocycles. The molecule has 0 fully saturated rings. The van der Waals surface area contributed by atoms with E-state index in [2.05, 4.69) is 68.2 Å². The van der Waals surface area contributed by atoms with E-state index < -0.39 is 8.32 Å². The molecule has 2 aliphatic rings. The van der Waals surface area contributed by atoms with Crippen LogP contribution in [0.2, 0.25) is 19.6 Å². The van der Waals surface area contributed by atoms with Crippen molar-refractivity contribution in [2.75, 3.05) is 0 Å². The van der Waals surface area contributed by atoms with E-state index >= 15 is 0 Å². The summed E-state index contributed by atoms with van der Waals surface area (Å²) >= 11 is 0. The van der Waals surface area contributed by atoms with E-state index in [0.717, 1.165) is 0 Å². The lowest BCUT2D eigenvalue weighted by molar-refractivity contribution is 0.279. The predicted octanol–water partition coefficient (Wildman–Crippen LogP) is 3.76. The molecule has 0 aliphatic heterocycles. The Morgan fingerprint density at radius 1 is 1.00 bits per heavy atom. The molecule has 1 atom stereocenters. The van der Waals surface area contributed by atoms with Gasteiger partial charge in [0.25, 0.3) is 0 Å². The highest BCUT2D eigenvalue weighted by atomic mass is 28.4. The molecule has 0 N–H and O–H groups in total. The molecule has 2 rings (SSSR count). The minimum atomic E-state index is -1.50. The van der Waals surface area contributed by atoms with Gasteiger partial charge in [-0.25, -0.2) is 0 Å². The maximum atomic E-state index is 6.18. The molecule has 0 amide bonds. The van der Waals surface area contributed by atoms with Crippen molar-refractivity contribution in [2.24, 2.45) is 0 Å². The van der Waals surface area contributed by atoms with Crippen LogP contribution in [-0.4, -0.2) is 14.4 Å². The molecule has 0 aromatic carbocycles. The van der Waals surface area contributed by atoms with Crippen LogP contribution in [0.1, 0.15) is 0 Å². The molecule has 2 heteroatoms. The van der Waals surface area contributed by atoms with Crippen LogP contribution in [0.15, 0.2) is 59.8 Å². The van der Waals surface area contributed by atoms with E-state index in [1.165, 1.54) is 11.1 Å². The third-order valence-corrected chi connectivity index (χ3v) is 3.42. The van der Waals surface area contributed by atoms with Crippen molar-refractivity contribution < 1.29 is 4.43 Å². The summed E-state index contributed by atoms with van der Waals surface area (Å²) in [5.41, 5.74) is 2.53. The highest BCUT2D eigenvalue weighted by molar-refractivity contribution is 6.69. The number of hydrogen-bond acceptors (Lipinski definition) is 1. The maximum absolute atomic E-state index is 6.18. The van der Waals surface area contributed by atoms with Gasteiger partial charge in [-0.2, -0.15) is 0 Å². The van der Waals surface area contributed by atoms with Gasteiger partial charge < -0.3 is 4.43 Å². The Bertz CT molecular complexity index is 417. The Morgan fingerprint density at radius 3 is 2.56 bits per heavy atom. The zero-order valence-electron chi connectivity index (χ0n) is 10.1. The summed E-state index contributed by atoms with van der Waals surface area (Å²) in [7, 11) is -1.50. The second-order valence-electron chi connectivity index (χ2n) is 5.02. The third-order valence-electron chi connectivity index (χ3n) is 2.46. The van der Waals surface area contributed by atoms with E-state index in [1.807, 2.05) is 0 Å². The Labute approximate surface area is 98.6 Å². The highest BCUT2D eigenvalue weighted by Gasteiger charge is 2.24. The third kappa shape index (κ3) is 2.71. The van der Waals surface area contributed by atoms with Crippen LogP contribution in [0.4, 0.5) is 0 Å². The fourth-order valence-corrected chi connectivity index (χ4v) is 2.80. The molecule has 2 aliphatic carbocycles. The fourth-order valence-electron chi connectivity index (χ4n) is 1.83. The summed E-state index contributed by atoms with van der Waals surface area (Å²) in [5, 5.41) is 0. The van der Waals surface area contributed by atoms with Crippen molar-refractivity contribution in [3.05, 3.63) is 59.8 Å². The van der Waals surface area contributed by atoms with Gasteiger partial charge in [0.15, 0.2) is 8.32 Å². The summed E-state index contributed by atoms with van der Waals surface area (Å²) in [5.74, 6) is 0. The van der Waals surface area contributed by atoms with Gasteiger partial charge in [-0.05, 0) is 30.8 Å². The van der Waals surface area contributed by atoms with E-state index in [4.69, 9.17) is 4.43 Å². The van der Waals surface area contributed by atoms with E-state index in [0.29, 0.717) is 0 Å². The molecule has 0 bridgehead atoms. The first-order valence-corrected chi connectivity index (χ1v) is 9.09. The zero-order valence-corrected chi connectivity index (χ0v) is 11.1. The molecule has 0 aromatic heterocycles. The molecular formula is C14H18OSi. The van der Waals surface area contributed by atoms with E-state index in [9.17, 15) is 0 Å². The summed E-state index contributed by atoms with van der Waals surface area (Å²) in [6, 6.07) is 0. The first-order valence-electron chi connectivity index (χ1n) is 5.68. The quantitative estimate of drug-likeness (QED) is 0.656. The van der Waals surface area contributed by atoms with Crippen LogP contribution in [0.25, 0.3) is 0 Å². The topological polar surface area (TPSA) is 9.23 Å². The summed E-state index contributed by atoms with van der Waals surface area (Å²) in [4.78, 5) is 0. The number of allylic oxidation sites excluding steroid dienone is 7. The minimum absolute atomic E-state index is 0.124. The van der Waals surface area contributed by atoms with Crippen molar-refractivity contribution in [3.8, 4) is 0 Å². The van der Waals surface area contributed by atoms with Crippen LogP contribution in [0.5, 0.6) is 0 Å². The second-order valence-corrected chi connectivity index (χ2v) is 9.48. The largest absolute Gasteiger partial charge is 0.407 e. The number of hydrogen-bond donors (Lipinski definition) is 0. The zero-order chi connectivity index (χ0) is 11.6. The lowest BCUT2D eigenvalue weighted by Gasteiger charge is -2.28. The summed E-state index contributed by atoms with van der Waals surface area (Å²) < 4.78 is 6.18. The SMILES string of the molecule is C[Si](C)(C)OC1C=CC=C2C=CC=CC=C21. The molecule has 0 radical (unpaired) electrons. The molecule has 1 unspecified atom stereocenters. The van der Waals surface area contributed by atoms with Crippen LogP contribution >= 0.6 is 0 Å². The second kappa shape index (κ2) is 4.40. The summed E-state index contributed by atoms with van der Waals surface area (Å²) in [6.07, 6.45) is 17.0. The van der Waals surface area contributed by atoms with E-state index in [1.54, 1.807) is 0 Å². The van der Waals surface area contributed by atoms with E-state index in [-0.39, 0.29) is 6.10 Å². The monoisotopic (exact) mass is 230 g/mol. The van der Waals surface area contributed by atoms with Gasteiger partial charge in [-0.3, -0.25) is 0 Å². The van der Waals surface area contributed by atoms with Crippen molar-refractivity contribution in [3.63, 3.8) is 0 Å². The normalized spacial score (nSPS) is 23.6. The minimum Gasteiger partial charge on any atom is -0.407 e. The van der Waals surface area contributed by atoms with Crippen molar-refractivity contribution >= 4 is 8.32 Å². The Morgan fingerprint density at radius 2 is 1.81 bits per heavy atom. The lowest BCUT2D eigenvalue weighted by atomic mass is 9.96. The average Bonchev–Trinajstić information content (AvgIpc) is 2.41. The predicted molar refractivity (Wildman–Crippen MR) is 71.8 cm³/mol. The fraction of sp³-hybridized carbons (Fsp3) is 0.286. The molecule has 0 saturated carbocycles. The molecule has 0 heterocycles. The van der Waals surface area contributed by atoms with Gasteiger partial charge >= 0.3 is 0 Å². The van der Waals surface area contributed by atoms with Crippen LogP contribution in [0.3, 0.4) is 0 Å². The Balaban J connectivity index is 2.27. The molecule has 84 valence electrons. The van der Waals surface area contributed by atoms with Gasteiger partial charge in [0.2, 0.25) is 0 Å². The molecular weight excluding hydrogens is 212 g/mol. The Hall–Kier alpha value is -1.12. The molecule has 0 spiro atoms. The van der Waals surface area contributed by atoms with Crippen molar-refractivity contribution in [1.29, 1.82) is 0 Å². The summed E-state index contributed by atoms with van der Waals surface area (Å²) in [6.45, 7) is 6.67. The first-order chi connectivity index (χ1) is 7.56. The smallest absolute Gasteiger partial charge is 0.185 e. The average molecular weight is 230 g/mol. The van der Waals surface area contributed by atoms with Crippen LogP contribution < -0.4 is 0 Å². The van der Waals surface area contributed by atoms with Crippen molar-refractivity contribution in [1.82, 2.24) is 0 Å². The van der Waals surface area contributed by atoms with Gasteiger partial charge in [-0.15, -0.1) is 0 Å². The number of rotatable bonds is 2. The van der Waals surface area contributed by atoms with Gasteiger partial charge in [0.05, 0.1) is 6.10 Å². The van der Waals surface area contributed by atoms with Crippen LogP contribution in [0, 0.1) is 0 Å². The van der Waals surface area contributed by atoms with Gasteiger partial charge in [-0.1, -0.05) is 48.6 Å². The standard InChI is InChI=1S/C14H18OSi/c1-16(2,3)15-14-11-7-9-12-8-5-4-6-10-13(12)14/h4-11,14H,1-3H3.